The summed E-state index contributed by atoms with van der Waals surface area (Å²) in [7, 11) is 0. The van der Waals surface area contributed by atoms with Gasteiger partial charge in [-0.1, -0.05) is 11.6 Å². The van der Waals surface area contributed by atoms with Crippen LogP contribution in [-0.2, 0) is 0 Å². The Balaban J connectivity index is 1.98. The van der Waals surface area contributed by atoms with Crippen molar-refractivity contribution in [1.29, 1.82) is 0 Å². The quantitative estimate of drug-likeness (QED) is 0.496. The Bertz CT molecular complexity index is 430. The van der Waals surface area contributed by atoms with Crippen molar-refractivity contribution in [1.82, 2.24) is 9.97 Å². The first-order valence-corrected chi connectivity index (χ1v) is 5.85. The van der Waals surface area contributed by atoms with Gasteiger partial charge in [-0.3, -0.25) is 0 Å². The highest BCUT2D eigenvalue weighted by molar-refractivity contribution is 6.29. The smallest absolute Gasteiger partial charge is 0.135 e. The Morgan fingerprint density at radius 1 is 1.50 bits per heavy atom. The van der Waals surface area contributed by atoms with Crippen LogP contribution in [0.3, 0.4) is 0 Å². The molecule has 1 fully saturated rings. The maximum absolute atomic E-state index is 5.94. The fourth-order valence-corrected chi connectivity index (χ4v) is 1.62. The first kappa shape index (κ1) is 11.2. The second kappa shape index (κ2) is 5.18. The van der Waals surface area contributed by atoms with Gasteiger partial charge in [-0.2, -0.15) is 0 Å². The highest BCUT2D eigenvalue weighted by atomic mass is 35.5. The minimum Gasteiger partial charge on any atom is -0.369 e. The fraction of sp³-hybridized carbons (Fsp3) is 0.500. The van der Waals surface area contributed by atoms with Crippen molar-refractivity contribution < 1.29 is 0 Å². The monoisotopic (exact) mass is 235 g/mol. The number of hydrogen-bond donors (Lipinski definition) is 1. The summed E-state index contributed by atoms with van der Waals surface area (Å²) in [6, 6.07) is 1.76. The van der Waals surface area contributed by atoms with Crippen LogP contribution in [0.15, 0.2) is 6.07 Å². The zero-order valence-corrected chi connectivity index (χ0v) is 10.0. The Morgan fingerprint density at radius 3 is 3.00 bits per heavy atom. The molecule has 16 heavy (non-hydrogen) atoms. The molecule has 3 nitrogen and oxygen atoms in total. The van der Waals surface area contributed by atoms with E-state index >= 15 is 0 Å². The van der Waals surface area contributed by atoms with Crippen LogP contribution in [0.2, 0.25) is 5.15 Å². The molecule has 0 atom stereocenters. The summed E-state index contributed by atoms with van der Waals surface area (Å²) in [4.78, 5) is 8.66. The van der Waals surface area contributed by atoms with Gasteiger partial charge in [-0.25, -0.2) is 9.97 Å². The molecule has 0 spiro atoms. The van der Waals surface area contributed by atoms with Crippen LogP contribution < -0.4 is 5.32 Å². The molecule has 0 saturated heterocycles. The van der Waals surface area contributed by atoms with Gasteiger partial charge in [0.05, 0.1) is 0 Å². The highest BCUT2D eigenvalue weighted by Crippen LogP contribution is 2.38. The molecule has 0 unspecified atom stereocenters. The van der Waals surface area contributed by atoms with Crippen LogP contribution in [0.1, 0.15) is 37.9 Å². The van der Waals surface area contributed by atoms with E-state index in [1.54, 1.807) is 6.07 Å². The Morgan fingerprint density at radius 2 is 2.31 bits per heavy atom. The number of anilines is 1. The number of aromatic nitrogens is 2. The van der Waals surface area contributed by atoms with E-state index in [4.69, 9.17) is 11.6 Å². The first-order valence-electron chi connectivity index (χ1n) is 5.47. The van der Waals surface area contributed by atoms with Crippen LogP contribution >= 0.6 is 11.6 Å². The predicted octanol–water partition coefficient (Wildman–Crippen LogP) is 2.83. The normalized spacial score (nSPS) is 14.1. The summed E-state index contributed by atoms with van der Waals surface area (Å²) in [5.41, 5.74) is 0. The fourth-order valence-electron chi connectivity index (χ4n) is 1.43. The van der Waals surface area contributed by atoms with E-state index in [0.29, 0.717) is 11.1 Å². The van der Waals surface area contributed by atoms with Crippen molar-refractivity contribution in [2.24, 2.45) is 0 Å². The lowest BCUT2D eigenvalue weighted by atomic mass is 10.4. The van der Waals surface area contributed by atoms with Gasteiger partial charge in [-0.15, -0.1) is 11.8 Å². The van der Waals surface area contributed by atoms with Gasteiger partial charge in [-0.05, 0) is 19.8 Å². The molecular formula is C12H14ClN3. The zero-order chi connectivity index (χ0) is 11.4. The van der Waals surface area contributed by atoms with Crippen molar-refractivity contribution in [2.75, 3.05) is 11.9 Å². The molecule has 2 rings (SSSR count). The van der Waals surface area contributed by atoms with Crippen molar-refractivity contribution in [3.05, 3.63) is 17.0 Å². The van der Waals surface area contributed by atoms with Crippen molar-refractivity contribution >= 4 is 17.4 Å². The van der Waals surface area contributed by atoms with Gasteiger partial charge >= 0.3 is 0 Å². The lowest BCUT2D eigenvalue weighted by molar-refractivity contribution is 0.920. The lowest BCUT2D eigenvalue weighted by Gasteiger charge is -2.05. The molecule has 1 aliphatic rings. The van der Waals surface area contributed by atoms with Crippen LogP contribution in [0.25, 0.3) is 0 Å². The topological polar surface area (TPSA) is 37.8 Å². The van der Waals surface area contributed by atoms with Gasteiger partial charge < -0.3 is 5.32 Å². The minimum atomic E-state index is 0.515. The molecule has 0 bridgehead atoms. The summed E-state index contributed by atoms with van der Waals surface area (Å²) >= 11 is 5.94. The van der Waals surface area contributed by atoms with Gasteiger partial charge in [0.15, 0.2) is 0 Å². The van der Waals surface area contributed by atoms with Crippen LogP contribution in [0, 0.1) is 11.8 Å². The van der Waals surface area contributed by atoms with Crippen molar-refractivity contribution in [3.63, 3.8) is 0 Å². The Hall–Kier alpha value is -1.27. The lowest BCUT2D eigenvalue weighted by Crippen LogP contribution is -2.05. The van der Waals surface area contributed by atoms with Crippen LogP contribution in [0.4, 0.5) is 5.82 Å². The van der Waals surface area contributed by atoms with E-state index in [2.05, 4.69) is 27.1 Å². The van der Waals surface area contributed by atoms with E-state index in [0.717, 1.165) is 24.6 Å². The summed E-state index contributed by atoms with van der Waals surface area (Å²) in [5, 5.41) is 3.72. The molecule has 84 valence electrons. The molecule has 1 N–H and O–H groups in total. The van der Waals surface area contributed by atoms with Gasteiger partial charge in [0.25, 0.3) is 0 Å². The largest absolute Gasteiger partial charge is 0.369 e. The molecule has 1 aromatic rings. The molecule has 4 heteroatoms. The second-order valence-corrected chi connectivity index (χ2v) is 4.20. The number of hydrogen-bond acceptors (Lipinski definition) is 3. The SMILES string of the molecule is CC#CCCNc1cc(Cl)nc(C2CC2)n1. The van der Waals surface area contributed by atoms with Crippen LogP contribution in [-0.4, -0.2) is 16.5 Å². The maximum Gasteiger partial charge on any atom is 0.135 e. The maximum atomic E-state index is 5.94. The summed E-state index contributed by atoms with van der Waals surface area (Å²) < 4.78 is 0. The van der Waals surface area contributed by atoms with Gasteiger partial charge in [0.2, 0.25) is 0 Å². The third kappa shape index (κ3) is 3.11. The molecular weight excluding hydrogens is 222 g/mol. The summed E-state index contributed by atoms with van der Waals surface area (Å²) in [6.07, 6.45) is 3.18. The summed E-state index contributed by atoms with van der Waals surface area (Å²) in [6.45, 7) is 2.63. The number of halogens is 1. The molecule has 1 aromatic heterocycles. The van der Waals surface area contributed by atoms with Crippen molar-refractivity contribution in [2.45, 2.75) is 32.1 Å². The van der Waals surface area contributed by atoms with E-state index in [-0.39, 0.29) is 0 Å². The molecule has 0 aromatic carbocycles. The van der Waals surface area contributed by atoms with Gasteiger partial charge in [0.1, 0.15) is 16.8 Å². The third-order valence-electron chi connectivity index (χ3n) is 2.39. The molecule has 1 heterocycles. The van der Waals surface area contributed by atoms with E-state index in [9.17, 15) is 0 Å². The van der Waals surface area contributed by atoms with Crippen LogP contribution in [0.5, 0.6) is 0 Å². The summed E-state index contributed by atoms with van der Waals surface area (Å²) in [5.74, 6) is 8.05. The van der Waals surface area contributed by atoms with E-state index in [1.165, 1.54) is 12.8 Å². The minimum absolute atomic E-state index is 0.515. The predicted molar refractivity (Wildman–Crippen MR) is 65.6 cm³/mol. The average Bonchev–Trinajstić information content (AvgIpc) is 3.07. The van der Waals surface area contributed by atoms with E-state index in [1.807, 2.05) is 6.92 Å². The molecule has 1 saturated carbocycles. The standard InChI is InChI=1S/C12H14ClN3/c1-2-3-4-7-14-11-8-10(13)15-12(16-11)9-5-6-9/h8-9H,4-7H2,1H3,(H,14,15,16). The number of nitrogens with one attached hydrogen (secondary N) is 1. The van der Waals surface area contributed by atoms with Gasteiger partial charge in [0, 0.05) is 24.9 Å². The molecule has 0 amide bonds. The Labute approximate surface area is 101 Å². The molecule has 1 aliphatic carbocycles. The second-order valence-electron chi connectivity index (χ2n) is 3.81. The highest BCUT2D eigenvalue weighted by Gasteiger charge is 2.27. The van der Waals surface area contributed by atoms with Crippen molar-refractivity contribution in [3.8, 4) is 11.8 Å². The molecule has 0 aliphatic heterocycles. The average molecular weight is 236 g/mol. The zero-order valence-electron chi connectivity index (χ0n) is 9.26. The third-order valence-corrected chi connectivity index (χ3v) is 2.58. The Kier molecular flexibility index (Phi) is 3.63. The number of rotatable bonds is 4. The van der Waals surface area contributed by atoms with E-state index < -0.39 is 0 Å². The molecule has 0 radical (unpaired) electrons. The number of nitrogens with zero attached hydrogens (tertiary/aromatic N) is 2. The first-order chi connectivity index (χ1) is 7.79.